The Morgan fingerprint density at radius 1 is 0.348 bits per heavy atom. The Kier molecular flexibility index (Phi) is 9.03. The van der Waals surface area contributed by atoms with E-state index in [-0.39, 0.29) is 6.04 Å². The number of benzene rings is 10. The zero-order valence-corrected chi connectivity index (χ0v) is 37.9. The molecule has 0 amide bonds. The summed E-state index contributed by atoms with van der Waals surface area (Å²) in [5, 5.41) is 7.71. The zero-order chi connectivity index (χ0) is 45.4. The average Bonchev–Trinajstić information content (AvgIpc) is 4.07. The van der Waals surface area contributed by atoms with Gasteiger partial charge in [-0.05, 0) is 124 Å². The number of hydrogen-bond acceptors (Lipinski definition) is 1. The minimum absolute atomic E-state index is 0.106. The van der Waals surface area contributed by atoms with Crippen LogP contribution in [0.4, 0.5) is 11.4 Å². The molecule has 10 aromatic carbocycles. The largest absolute Gasteiger partial charge is 0.334 e. The summed E-state index contributed by atoms with van der Waals surface area (Å²) in [6.45, 7) is 0. The van der Waals surface area contributed by atoms with Crippen LogP contribution in [-0.4, -0.2) is 15.0 Å². The van der Waals surface area contributed by atoms with Gasteiger partial charge in [-0.1, -0.05) is 182 Å². The van der Waals surface area contributed by atoms with Crippen molar-refractivity contribution < 1.29 is 0 Å². The highest BCUT2D eigenvalue weighted by Gasteiger charge is 2.23. The average molecular weight is 880 g/mol. The maximum atomic E-state index is 2.51. The third-order valence-electron chi connectivity index (χ3n) is 14.6. The predicted molar refractivity (Wildman–Crippen MR) is 292 cm³/mol. The van der Waals surface area contributed by atoms with Crippen LogP contribution >= 0.6 is 0 Å². The molecule has 14 rings (SSSR count). The molecule has 3 nitrogen and oxygen atoms in total. The Bertz CT molecular complexity index is 4030. The fourth-order valence-corrected chi connectivity index (χ4v) is 11.3. The van der Waals surface area contributed by atoms with E-state index in [9.17, 15) is 0 Å². The standard InChI is InChI=1S/C66H45N3/c1-3-13-44(14-4-1)45-23-25-46(26-24-45)47-27-34-53(35-28-47)67(54-36-29-48(30-37-54)50-33-40-59-56-17-7-10-20-62(56)68(65(59)43-50)52-15-5-2-6-16-52)55-38-31-49(32-39-55)51-41-60-57-18-8-11-21-63(57)69-64-22-12-9-19-58(64)61(42-51)66(60)69/h1-36,38-43,54H,37H2. The van der Waals surface area contributed by atoms with Crippen molar-refractivity contribution in [1.29, 1.82) is 0 Å². The van der Waals surface area contributed by atoms with E-state index in [0.29, 0.717) is 0 Å². The van der Waals surface area contributed by atoms with Gasteiger partial charge in [0.1, 0.15) is 0 Å². The van der Waals surface area contributed by atoms with Gasteiger partial charge in [0.25, 0.3) is 0 Å². The predicted octanol–water partition coefficient (Wildman–Crippen LogP) is 17.5. The lowest BCUT2D eigenvalue weighted by Crippen LogP contribution is -2.30. The fourth-order valence-electron chi connectivity index (χ4n) is 11.3. The number of anilines is 2. The summed E-state index contributed by atoms with van der Waals surface area (Å²) < 4.78 is 4.85. The second kappa shape index (κ2) is 15.9. The van der Waals surface area contributed by atoms with Gasteiger partial charge in [-0.3, -0.25) is 0 Å². The third kappa shape index (κ3) is 6.43. The summed E-state index contributed by atoms with van der Waals surface area (Å²) in [5.41, 5.74) is 19.5. The van der Waals surface area contributed by atoms with E-state index < -0.39 is 0 Å². The molecule has 0 saturated heterocycles. The summed E-state index contributed by atoms with van der Waals surface area (Å²) in [6.07, 6.45) is 8.03. The monoisotopic (exact) mass is 879 g/mol. The highest BCUT2D eigenvalue weighted by Crippen LogP contribution is 2.43. The molecule has 324 valence electrons. The molecule has 0 spiro atoms. The lowest BCUT2D eigenvalue weighted by atomic mass is 9.94. The van der Waals surface area contributed by atoms with Gasteiger partial charge in [0.15, 0.2) is 0 Å². The number of aromatic nitrogens is 2. The molecule has 1 aliphatic rings. The van der Waals surface area contributed by atoms with E-state index in [4.69, 9.17) is 0 Å². The quantitative estimate of drug-likeness (QED) is 0.148. The minimum Gasteiger partial charge on any atom is -0.334 e. The molecule has 0 radical (unpaired) electrons. The van der Waals surface area contributed by atoms with Crippen LogP contribution in [0.5, 0.6) is 0 Å². The molecule has 0 aliphatic heterocycles. The van der Waals surface area contributed by atoms with Gasteiger partial charge in [0, 0.05) is 49.4 Å². The van der Waals surface area contributed by atoms with Gasteiger partial charge in [0.2, 0.25) is 0 Å². The van der Waals surface area contributed by atoms with Crippen molar-refractivity contribution in [3.8, 4) is 39.1 Å². The fraction of sp³-hybridized carbons (Fsp3) is 0.0303. The van der Waals surface area contributed by atoms with Crippen LogP contribution in [0.3, 0.4) is 0 Å². The van der Waals surface area contributed by atoms with Crippen LogP contribution in [0.2, 0.25) is 0 Å². The third-order valence-corrected chi connectivity index (χ3v) is 14.6. The Morgan fingerprint density at radius 2 is 0.797 bits per heavy atom. The molecule has 0 saturated carbocycles. The van der Waals surface area contributed by atoms with Gasteiger partial charge >= 0.3 is 0 Å². The molecule has 3 heteroatoms. The molecule has 13 aromatic rings. The first-order valence-corrected chi connectivity index (χ1v) is 24.0. The molecule has 69 heavy (non-hydrogen) atoms. The summed E-state index contributed by atoms with van der Waals surface area (Å²) >= 11 is 0. The molecule has 1 atom stereocenters. The van der Waals surface area contributed by atoms with E-state index in [2.05, 4.69) is 269 Å². The highest BCUT2D eigenvalue weighted by atomic mass is 15.2. The smallest absolute Gasteiger partial charge is 0.0620 e. The van der Waals surface area contributed by atoms with Crippen molar-refractivity contribution in [2.75, 3.05) is 4.90 Å². The van der Waals surface area contributed by atoms with Crippen LogP contribution in [0.15, 0.2) is 255 Å². The zero-order valence-electron chi connectivity index (χ0n) is 37.9. The molecule has 0 N–H and O–H groups in total. The molecule has 1 aliphatic carbocycles. The van der Waals surface area contributed by atoms with E-state index >= 15 is 0 Å². The Hall–Kier alpha value is -8.92. The van der Waals surface area contributed by atoms with Gasteiger partial charge in [-0.25, -0.2) is 0 Å². The number of allylic oxidation sites excluding steroid dienone is 2. The maximum absolute atomic E-state index is 2.51. The molecule has 3 aromatic heterocycles. The van der Waals surface area contributed by atoms with Gasteiger partial charge in [0.05, 0.1) is 33.6 Å². The second-order valence-corrected chi connectivity index (χ2v) is 18.4. The summed E-state index contributed by atoms with van der Waals surface area (Å²) in [7, 11) is 0. The number of rotatable bonds is 8. The first-order valence-electron chi connectivity index (χ1n) is 24.0. The van der Waals surface area contributed by atoms with Crippen LogP contribution in [0, 0.1) is 0 Å². The lowest BCUT2D eigenvalue weighted by molar-refractivity contribution is 0.787. The van der Waals surface area contributed by atoms with Crippen molar-refractivity contribution in [2.45, 2.75) is 12.5 Å². The van der Waals surface area contributed by atoms with Gasteiger partial charge < -0.3 is 13.9 Å². The van der Waals surface area contributed by atoms with E-state index in [1.807, 2.05) is 0 Å². The van der Waals surface area contributed by atoms with Crippen molar-refractivity contribution in [2.24, 2.45) is 0 Å². The van der Waals surface area contributed by atoms with Crippen molar-refractivity contribution >= 4 is 76.8 Å². The first-order chi connectivity index (χ1) is 34.2. The van der Waals surface area contributed by atoms with Crippen molar-refractivity contribution in [3.05, 3.63) is 260 Å². The first kappa shape index (κ1) is 39.3. The molecule has 0 fully saturated rings. The van der Waals surface area contributed by atoms with E-state index in [0.717, 1.165) is 17.8 Å². The normalized spacial score (nSPS) is 13.9. The number of hydrogen-bond donors (Lipinski definition) is 0. The summed E-state index contributed by atoms with van der Waals surface area (Å²) in [4.78, 5) is 2.51. The highest BCUT2D eigenvalue weighted by molar-refractivity contribution is 6.24. The number of para-hydroxylation sites is 4. The molecular weight excluding hydrogens is 835 g/mol. The molecule has 0 bridgehead atoms. The van der Waals surface area contributed by atoms with Crippen LogP contribution in [0.25, 0.3) is 105 Å². The number of nitrogens with zero attached hydrogens (tertiary/aromatic N) is 3. The number of fused-ring (bicyclic) bond motifs is 9. The van der Waals surface area contributed by atoms with E-state index in [1.165, 1.54) is 110 Å². The Balaban J connectivity index is 0.831. The Morgan fingerprint density at radius 3 is 1.36 bits per heavy atom. The van der Waals surface area contributed by atoms with E-state index in [1.54, 1.807) is 0 Å². The van der Waals surface area contributed by atoms with Crippen LogP contribution in [-0.2, 0) is 0 Å². The van der Waals surface area contributed by atoms with Crippen molar-refractivity contribution in [3.63, 3.8) is 0 Å². The summed E-state index contributed by atoms with van der Waals surface area (Å²) in [5.74, 6) is 0. The van der Waals surface area contributed by atoms with Crippen molar-refractivity contribution in [1.82, 2.24) is 8.97 Å². The second-order valence-electron chi connectivity index (χ2n) is 18.4. The SMILES string of the molecule is C1=CC(N(c2ccc(-c3ccc(-c4ccccc4)cc3)cc2)c2ccc(-c3cc4c5ccccc5n5c6ccccc6c(c3)c45)cc2)CC=C1c1ccc2c3ccccc3n(-c3ccccc3)c2c1. The molecule has 3 heterocycles. The lowest BCUT2D eigenvalue weighted by Gasteiger charge is -2.33. The minimum atomic E-state index is 0.106. The topological polar surface area (TPSA) is 12.6 Å². The summed E-state index contributed by atoms with van der Waals surface area (Å²) in [6, 6.07) is 86.9. The molecule has 1 unspecified atom stereocenters. The van der Waals surface area contributed by atoms with Gasteiger partial charge in [-0.2, -0.15) is 0 Å². The Labute approximate surface area is 400 Å². The van der Waals surface area contributed by atoms with Crippen LogP contribution < -0.4 is 4.90 Å². The molecular formula is C66H45N3. The van der Waals surface area contributed by atoms with Crippen LogP contribution in [0.1, 0.15) is 12.0 Å². The van der Waals surface area contributed by atoms with Gasteiger partial charge in [-0.15, -0.1) is 0 Å². The maximum Gasteiger partial charge on any atom is 0.0620 e.